The molecule has 158 valence electrons. The molecule has 2 aromatic carbocycles. The van der Waals surface area contributed by atoms with Crippen LogP contribution < -0.4 is 10.1 Å². The number of anilines is 1. The quantitative estimate of drug-likeness (QED) is 0.422. The molecule has 0 aliphatic carbocycles. The average Bonchev–Trinajstić information content (AvgIpc) is 3.25. The summed E-state index contributed by atoms with van der Waals surface area (Å²) in [5.74, 6) is 1.06. The zero-order chi connectivity index (χ0) is 21.8. The number of fused-ring (bicyclic) bond motifs is 1. The summed E-state index contributed by atoms with van der Waals surface area (Å²) < 4.78 is 6.98. The number of rotatable bonds is 7. The molecule has 0 aliphatic heterocycles. The van der Waals surface area contributed by atoms with Gasteiger partial charge >= 0.3 is 0 Å². The van der Waals surface area contributed by atoms with Gasteiger partial charge in [-0.2, -0.15) is 14.6 Å². The van der Waals surface area contributed by atoms with Gasteiger partial charge in [-0.3, -0.25) is 4.79 Å². The van der Waals surface area contributed by atoms with Crippen molar-refractivity contribution in [2.75, 3.05) is 12.4 Å². The van der Waals surface area contributed by atoms with Crippen LogP contribution in [-0.2, 0) is 6.42 Å². The van der Waals surface area contributed by atoms with Gasteiger partial charge in [-0.25, -0.2) is 4.98 Å². The first-order chi connectivity index (χ1) is 15.1. The highest BCUT2D eigenvalue weighted by atomic mass is 32.2. The summed E-state index contributed by atoms with van der Waals surface area (Å²) >= 11 is 1.62. The van der Waals surface area contributed by atoms with Crippen molar-refractivity contribution in [3.05, 3.63) is 71.7 Å². The summed E-state index contributed by atoms with van der Waals surface area (Å²) in [7, 11) is 1.58. The van der Waals surface area contributed by atoms with Gasteiger partial charge < -0.3 is 10.1 Å². The topological polar surface area (TPSA) is 81.4 Å². The number of hydrogen-bond acceptors (Lipinski definition) is 6. The Hall–Kier alpha value is -3.39. The van der Waals surface area contributed by atoms with E-state index in [1.54, 1.807) is 41.6 Å². The number of aromatic nitrogens is 4. The van der Waals surface area contributed by atoms with Crippen LogP contribution in [0.3, 0.4) is 0 Å². The van der Waals surface area contributed by atoms with E-state index in [0.717, 1.165) is 34.1 Å². The molecule has 0 spiro atoms. The van der Waals surface area contributed by atoms with E-state index in [1.807, 2.05) is 37.3 Å². The number of benzene rings is 2. The molecule has 4 aromatic rings. The summed E-state index contributed by atoms with van der Waals surface area (Å²) in [4.78, 5) is 22.4. The molecule has 2 heterocycles. The lowest BCUT2D eigenvalue weighted by Gasteiger charge is -2.13. The predicted octanol–water partition coefficient (Wildman–Crippen LogP) is 4.80. The first-order valence-corrected chi connectivity index (χ1v) is 10.8. The van der Waals surface area contributed by atoms with Gasteiger partial charge in [0, 0.05) is 27.4 Å². The Bertz CT molecular complexity index is 1220. The maximum Gasteiger partial charge on any atom is 0.255 e. The van der Waals surface area contributed by atoms with E-state index in [1.165, 1.54) is 11.9 Å². The van der Waals surface area contributed by atoms with Crippen LogP contribution in [-0.4, -0.2) is 32.6 Å². The monoisotopic (exact) mass is 433 g/mol. The molecule has 7 nitrogen and oxygen atoms in total. The summed E-state index contributed by atoms with van der Waals surface area (Å²) in [5, 5.41) is 8.31. The zero-order valence-corrected chi connectivity index (χ0v) is 18.4. The third kappa shape index (κ3) is 4.54. The largest absolute Gasteiger partial charge is 0.497 e. The molecule has 0 atom stereocenters. The van der Waals surface area contributed by atoms with E-state index in [9.17, 15) is 4.79 Å². The van der Waals surface area contributed by atoms with Crippen LogP contribution >= 0.6 is 11.8 Å². The van der Waals surface area contributed by atoms with Crippen LogP contribution in [0.4, 0.5) is 5.69 Å². The SMILES string of the molecule is CCCc1c(C)nc2ncnn2c1Sc1ccc(NC(=O)c2cccc(OC)c2)cc1. The molecule has 0 unspecified atom stereocenters. The molecule has 0 saturated heterocycles. The van der Waals surface area contributed by atoms with Gasteiger partial charge in [-0.1, -0.05) is 31.2 Å². The molecule has 0 saturated carbocycles. The van der Waals surface area contributed by atoms with E-state index in [-0.39, 0.29) is 5.91 Å². The van der Waals surface area contributed by atoms with Crippen molar-refractivity contribution in [1.82, 2.24) is 19.6 Å². The molecule has 8 heteroatoms. The third-order valence-corrected chi connectivity index (χ3v) is 5.96. The number of carbonyl (C=O) groups is 1. The lowest BCUT2D eigenvalue weighted by Crippen LogP contribution is -2.11. The molecule has 1 amide bonds. The van der Waals surface area contributed by atoms with Crippen molar-refractivity contribution in [2.45, 2.75) is 36.6 Å². The molecule has 0 radical (unpaired) electrons. The summed E-state index contributed by atoms with van der Waals surface area (Å²) in [6, 6.07) is 14.8. The van der Waals surface area contributed by atoms with Gasteiger partial charge in [0.25, 0.3) is 11.7 Å². The molecule has 0 aliphatic rings. The number of hydrogen-bond donors (Lipinski definition) is 1. The number of carbonyl (C=O) groups excluding carboxylic acids is 1. The molecule has 2 aromatic heterocycles. The van der Waals surface area contributed by atoms with Gasteiger partial charge in [-0.15, -0.1) is 0 Å². The van der Waals surface area contributed by atoms with Gasteiger partial charge in [0.2, 0.25) is 0 Å². The van der Waals surface area contributed by atoms with E-state index < -0.39 is 0 Å². The molecule has 0 fully saturated rings. The first kappa shape index (κ1) is 20.9. The third-order valence-electron chi connectivity index (χ3n) is 4.84. The van der Waals surface area contributed by atoms with Crippen molar-refractivity contribution in [3.8, 4) is 5.75 Å². The van der Waals surface area contributed by atoms with Gasteiger partial charge in [0.05, 0.1) is 7.11 Å². The zero-order valence-electron chi connectivity index (χ0n) is 17.6. The van der Waals surface area contributed by atoms with Gasteiger partial charge in [0.15, 0.2) is 0 Å². The van der Waals surface area contributed by atoms with Crippen molar-refractivity contribution >= 4 is 29.1 Å². The Labute approximate surface area is 184 Å². The normalized spacial score (nSPS) is 10.9. The Morgan fingerprint density at radius 2 is 2.00 bits per heavy atom. The molecule has 4 rings (SSSR count). The standard InChI is InChI=1S/C23H23N5O2S/c1-4-6-20-15(2)26-23-24-14-25-28(23)22(20)31-19-11-9-17(10-12-19)27-21(29)16-7-5-8-18(13-16)30-3/h5,7-14H,4,6H2,1-3H3,(H,27,29). The van der Waals surface area contributed by atoms with Crippen molar-refractivity contribution in [3.63, 3.8) is 0 Å². The van der Waals surface area contributed by atoms with Crippen molar-refractivity contribution in [1.29, 1.82) is 0 Å². The smallest absolute Gasteiger partial charge is 0.255 e. The van der Waals surface area contributed by atoms with Gasteiger partial charge in [0.1, 0.15) is 17.1 Å². The Morgan fingerprint density at radius 3 is 2.74 bits per heavy atom. The molecular formula is C23H23N5O2S. The highest BCUT2D eigenvalue weighted by Crippen LogP contribution is 2.33. The molecular weight excluding hydrogens is 410 g/mol. The highest BCUT2D eigenvalue weighted by Gasteiger charge is 2.15. The van der Waals surface area contributed by atoms with Crippen LogP contribution in [0.5, 0.6) is 5.75 Å². The Morgan fingerprint density at radius 1 is 1.19 bits per heavy atom. The maximum atomic E-state index is 12.5. The molecule has 1 N–H and O–H groups in total. The Balaban J connectivity index is 1.55. The van der Waals surface area contributed by atoms with Crippen LogP contribution in [0.2, 0.25) is 0 Å². The van der Waals surface area contributed by atoms with Crippen LogP contribution in [0.25, 0.3) is 5.78 Å². The summed E-state index contributed by atoms with van der Waals surface area (Å²) in [6.07, 6.45) is 3.47. The minimum atomic E-state index is -0.182. The van der Waals surface area contributed by atoms with Crippen molar-refractivity contribution < 1.29 is 9.53 Å². The van der Waals surface area contributed by atoms with E-state index >= 15 is 0 Å². The van der Waals surface area contributed by atoms with Crippen LogP contribution in [0, 0.1) is 6.92 Å². The first-order valence-electron chi connectivity index (χ1n) is 10.0. The fraction of sp³-hybridized carbons (Fsp3) is 0.217. The van der Waals surface area contributed by atoms with Crippen LogP contribution in [0.1, 0.15) is 35.0 Å². The number of nitrogens with one attached hydrogen (secondary N) is 1. The number of nitrogens with zero attached hydrogens (tertiary/aromatic N) is 4. The number of amides is 1. The number of ether oxygens (including phenoxy) is 1. The average molecular weight is 434 g/mol. The van der Waals surface area contributed by atoms with E-state index in [4.69, 9.17) is 4.74 Å². The maximum absolute atomic E-state index is 12.5. The lowest BCUT2D eigenvalue weighted by atomic mass is 10.1. The minimum absolute atomic E-state index is 0.182. The fourth-order valence-electron chi connectivity index (χ4n) is 3.28. The molecule has 0 bridgehead atoms. The fourth-order valence-corrected chi connectivity index (χ4v) is 4.37. The predicted molar refractivity (Wildman–Crippen MR) is 121 cm³/mol. The second kappa shape index (κ2) is 9.18. The molecule has 31 heavy (non-hydrogen) atoms. The second-order valence-corrected chi connectivity index (χ2v) is 8.08. The Kier molecular flexibility index (Phi) is 6.18. The van der Waals surface area contributed by atoms with Gasteiger partial charge in [-0.05, 0) is 55.8 Å². The van der Waals surface area contributed by atoms with E-state index in [0.29, 0.717) is 17.1 Å². The highest BCUT2D eigenvalue weighted by molar-refractivity contribution is 7.99. The second-order valence-electron chi connectivity index (χ2n) is 7.02. The van der Waals surface area contributed by atoms with Crippen molar-refractivity contribution in [2.24, 2.45) is 0 Å². The lowest BCUT2D eigenvalue weighted by molar-refractivity contribution is 0.102. The summed E-state index contributed by atoms with van der Waals surface area (Å²) in [5.41, 5.74) is 3.43. The minimum Gasteiger partial charge on any atom is -0.497 e. The number of methoxy groups -OCH3 is 1. The number of aryl methyl sites for hydroxylation is 1. The van der Waals surface area contributed by atoms with E-state index in [2.05, 4.69) is 27.3 Å². The van der Waals surface area contributed by atoms with Crippen LogP contribution in [0.15, 0.2) is 64.8 Å². The summed E-state index contributed by atoms with van der Waals surface area (Å²) in [6.45, 7) is 4.17.